The Morgan fingerprint density at radius 1 is 0.871 bits per heavy atom. The van der Waals surface area contributed by atoms with E-state index in [1.807, 2.05) is 66.7 Å². The summed E-state index contributed by atoms with van der Waals surface area (Å²) in [6, 6.07) is 23.6. The van der Waals surface area contributed by atoms with Crippen molar-refractivity contribution in [2.75, 3.05) is 26.1 Å². The molecule has 3 rings (SSSR count). The van der Waals surface area contributed by atoms with Gasteiger partial charge in [0.1, 0.15) is 12.4 Å². The van der Waals surface area contributed by atoms with Crippen LogP contribution in [0, 0.1) is 0 Å². The van der Waals surface area contributed by atoms with Gasteiger partial charge >= 0.3 is 0 Å². The van der Waals surface area contributed by atoms with E-state index < -0.39 is 0 Å². The number of nitrogens with two attached hydrogens (primary N) is 1. The number of methoxy groups -OCH3 is 2. The second kappa shape index (κ2) is 12.7. The van der Waals surface area contributed by atoms with Crippen LogP contribution in [-0.2, 0) is 13.0 Å². The molecule has 31 heavy (non-hydrogen) atoms. The molecule has 0 unspecified atom stereocenters. The summed E-state index contributed by atoms with van der Waals surface area (Å²) in [5.74, 6) is 2.48. The maximum Gasteiger partial charge on any atom is 0.193 e. The minimum Gasteiger partial charge on any atom is -0.493 e. The van der Waals surface area contributed by atoms with Gasteiger partial charge in [-0.2, -0.15) is 0 Å². The molecule has 0 aromatic heterocycles. The van der Waals surface area contributed by atoms with Crippen LogP contribution >= 0.6 is 24.0 Å². The number of halogens is 1. The van der Waals surface area contributed by atoms with Crippen LogP contribution in [0.15, 0.2) is 77.8 Å². The van der Waals surface area contributed by atoms with Crippen molar-refractivity contribution >= 4 is 35.6 Å². The molecule has 0 aliphatic carbocycles. The Morgan fingerprint density at radius 3 is 2.35 bits per heavy atom. The smallest absolute Gasteiger partial charge is 0.193 e. The number of rotatable bonds is 9. The van der Waals surface area contributed by atoms with Gasteiger partial charge in [0, 0.05) is 18.3 Å². The van der Waals surface area contributed by atoms with E-state index in [9.17, 15) is 0 Å². The topological polar surface area (TPSA) is 78.1 Å². The molecule has 3 N–H and O–H groups in total. The number of ether oxygens (including phenoxy) is 3. The van der Waals surface area contributed by atoms with Crippen LogP contribution in [0.2, 0.25) is 0 Å². The molecule has 0 aliphatic heterocycles. The Kier molecular flexibility index (Phi) is 9.96. The fourth-order valence-corrected chi connectivity index (χ4v) is 2.94. The quantitative estimate of drug-likeness (QED) is 0.233. The Balaban J connectivity index is 0.00000341. The van der Waals surface area contributed by atoms with Gasteiger partial charge in [0.05, 0.1) is 14.2 Å². The lowest BCUT2D eigenvalue weighted by molar-refractivity contribution is 0.306. The molecular weight excluding hydrogens is 505 g/mol. The molecule has 0 bridgehead atoms. The molecule has 0 radical (unpaired) electrons. The van der Waals surface area contributed by atoms with Gasteiger partial charge in [-0.25, -0.2) is 0 Å². The Labute approximate surface area is 200 Å². The van der Waals surface area contributed by atoms with Crippen LogP contribution in [0.25, 0.3) is 0 Å². The first-order chi connectivity index (χ1) is 14.7. The highest BCUT2D eigenvalue weighted by Gasteiger charge is 2.05. The monoisotopic (exact) mass is 533 g/mol. The molecule has 0 amide bonds. The third kappa shape index (κ3) is 7.67. The maximum absolute atomic E-state index is 6.02. The average Bonchev–Trinajstić information content (AvgIpc) is 2.78. The third-order valence-corrected chi connectivity index (χ3v) is 4.49. The molecule has 0 spiro atoms. The van der Waals surface area contributed by atoms with Crippen LogP contribution in [0.4, 0.5) is 5.69 Å². The zero-order valence-corrected chi connectivity index (χ0v) is 20.0. The van der Waals surface area contributed by atoms with Crippen molar-refractivity contribution in [3.63, 3.8) is 0 Å². The number of guanidine groups is 1. The van der Waals surface area contributed by atoms with Crippen molar-refractivity contribution in [3.8, 4) is 17.2 Å². The molecule has 0 heterocycles. The highest BCUT2D eigenvalue weighted by molar-refractivity contribution is 14.0. The SMILES string of the molecule is COc1ccc(NC(N)=NCCc2cccc(OCc3ccccc3)c2)cc1OC.I. The van der Waals surface area contributed by atoms with Crippen molar-refractivity contribution < 1.29 is 14.2 Å². The molecule has 0 atom stereocenters. The van der Waals surface area contributed by atoms with Crippen LogP contribution in [0.5, 0.6) is 17.2 Å². The molecule has 0 saturated heterocycles. The highest BCUT2D eigenvalue weighted by atomic mass is 127. The van der Waals surface area contributed by atoms with E-state index in [0.717, 1.165) is 29.0 Å². The number of anilines is 1. The van der Waals surface area contributed by atoms with E-state index in [2.05, 4.69) is 16.4 Å². The first kappa shape index (κ1) is 24.3. The number of hydrogen-bond donors (Lipinski definition) is 2. The van der Waals surface area contributed by atoms with Gasteiger partial charge in [0.15, 0.2) is 17.5 Å². The fraction of sp³-hybridized carbons (Fsp3) is 0.208. The maximum atomic E-state index is 6.02. The number of nitrogens with one attached hydrogen (secondary N) is 1. The van der Waals surface area contributed by atoms with Crippen molar-refractivity contribution in [2.24, 2.45) is 10.7 Å². The van der Waals surface area contributed by atoms with Crippen molar-refractivity contribution in [2.45, 2.75) is 13.0 Å². The van der Waals surface area contributed by atoms with Crippen molar-refractivity contribution in [1.29, 1.82) is 0 Å². The normalized spacial score (nSPS) is 10.7. The third-order valence-electron chi connectivity index (χ3n) is 4.49. The van der Waals surface area contributed by atoms with Gasteiger partial charge in [-0.3, -0.25) is 4.99 Å². The summed E-state index contributed by atoms with van der Waals surface area (Å²) in [5.41, 5.74) is 9.08. The average molecular weight is 533 g/mol. The standard InChI is InChI=1S/C24H27N3O3.HI/c1-28-22-12-11-20(16-23(22)29-2)27-24(25)26-14-13-18-9-6-10-21(15-18)30-17-19-7-4-3-5-8-19;/h3-12,15-16H,13-14,17H2,1-2H3,(H3,25,26,27);1H. The van der Waals surface area contributed by atoms with E-state index >= 15 is 0 Å². The lowest BCUT2D eigenvalue weighted by atomic mass is 10.1. The summed E-state index contributed by atoms with van der Waals surface area (Å²) in [4.78, 5) is 4.41. The fourth-order valence-electron chi connectivity index (χ4n) is 2.94. The predicted octanol–water partition coefficient (Wildman–Crippen LogP) is 4.87. The van der Waals surface area contributed by atoms with Gasteiger partial charge in [0.25, 0.3) is 0 Å². The molecule has 6 nitrogen and oxygen atoms in total. The lowest BCUT2D eigenvalue weighted by Gasteiger charge is -2.11. The zero-order valence-electron chi connectivity index (χ0n) is 17.7. The molecule has 3 aromatic rings. The molecule has 0 saturated carbocycles. The lowest BCUT2D eigenvalue weighted by Crippen LogP contribution is -2.23. The van der Waals surface area contributed by atoms with Gasteiger partial charge in [-0.05, 0) is 41.8 Å². The van der Waals surface area contributed by atoms with E-state index in [-0.39, 0.29) is 24.0 Å². The number of aliphatic imine (C=N–C) groups is 1. The minimum atomic E-state index is 0. The Morgan fingerprint density at radius 2 is 1.61 bits per heavy atom. The summed E-state index contributed by atoms with van der Waals surface area (Å²) in [6.07, 6.45) is 0.761. The van der Waals surface area contributed by atoms with Crippen LogP contribution < -0.4 is 25.3 Å². The predicted molar refractivity (Wildman–Crippen MR) is 136 cm³/mol. The number of hydrogen-bond acceptors (Lipinski definition) is 4. The van der Waals surface area contributed by atoms with Crippen molar-refractivity contribution in [1.82, 2.24) is 0 Å². The van der Waals surface area contributed by atoms with Gasteiger partial charge < -0.3 is 25.3 Å². The summed E-state index contributed by atoms with van der Waals surface area (Å²) < 4.78 is 16.4. The van der Waals surface area contributed by atoms with E-state index in [0.29, 0.717) is 30.6 Å². The molecule has 0 fully saturated rings. The number of benzene rings is 3. The summed E-state index contributed by atoms with van der Waals surface area (Å²) in [5, 5.41) is 3.07. The van der Waals surface area contributed by atoms with E-state index in [4.69, 9.17) is 19.9 Å². The van der Waals surface area contributed by atoms with Crippen LogP contribution in [0.1, 0.15) is 11.1 Å². The van der Waals surface area contributed by atoms with Gasteiger partial charge in [0.2, 0.25) is 0 Å². The minimum absolute atomic E-state index is 0. The van der Waals surface area contributed by atoms with Crippen molar-refractivity contribution in [3.05, 3.63) is 83.9 Å². The first-order valence-electron chi connectivity index (χ1n) is 9.72. The Hall–Kier alpha value is -2.94. The van der Waals surface area contributed by atoms with Gasteiger partial charge in [-0.1, -0.05) is 42.5 Å². The second-order valence-electron chi connectivity index (χ2n) is 6.63. The molecule has 3 aromatic carbocycles. The van der Waals surface area contributed by atoms with E-state index in [1.165, 1.54) is 0 Å². The molecule has 164 valence electrons. The number of nitrogens with zero attached hydrogens (tertiary/aromatic N) is 1. The first-order valence-corrected chi connectivity index (χ1v) is 9.72. The highest BCUT2D eigenvalue weighted by Crippen LogP contribution is 2.29. The zero-order chi connectivity index (χ0) is 21.2. The largest absolute Gasteiger partial charge is 0.493 e. The van der Waals surface area contributed by atoms with Crippen LogP contribution in [-0.4, -0.2) is 26.7 Å². The summed E-state index contributed by atoms with van der Waals surface area (Å²) in [6.45, 7) is 1.11. The van der Waals surface area contributed by atoms with E-state index in [1.54, 1.807) is 14.2 Å². The van der Waals surface area contributed by atoms with Crippen LogP contribution in [0.3, 0.4) is 0 Å². The molecule has 0 aliphatic rings. The summed E-state index contributed by atoms with van der Waals surface area (Å²) >= 11 is 0. The second-order valence-corrected chi connectivity index (χ2v) is 6.63. The molecular formula is C24H28IN3O3. The molecule has 7 heteroatoms. The summed E-state index contributed by atoms with van der Waals surface area (Å²) in [7, 11) is 3.19. The van der Waals surface area contributed by atoms with Gasteiger partial charge in [-0.15, -0.1) is 24.0 Å². The Bertz CT molecular complexity index is 981.